The second-order valence-electron chi connectivity index (χ2n) is 5.82. The van der Waals surface area contributed by atoms with E-state index in [-0.39, 0.29) is 33.6 Å². The molecule has 3 rings (SSSR count). The fourth-order valence-electron chi connectivity index (χ4n) is 2.69. The number of fused-ring (bicyclic) bond motifs is 1. The van der Waals surface area contributed by atoms with Crippen LogP contribution in [0.15, 0.2) is 21.8 Å². The van der Waals surface area contributed by atoms with Gasteiger partial charge in [-0.3, -0.25) is 14.5 Å². The summed E-state index contributed by atoms with van der Waals surface area (Å²) in [4.78, 5) is 56.9. The van der Waals surface area contributed by atoms with Crippen LogP contribution in [0.2, 0.25) is 0 Å². The fraction of sp³-hybridized carbons (Fsp3) is 0.250. The largest absolute Gasteiger partial charge is 0.479 e. The smallest absolute Gasteiger partial charge is 0.353 e. The molecule has 1 aromatic rings. The average Bonchev–Trinajstić information content (AvgIpc) is 3.13. The van der Waals surface area contributed by atoms with Gasteiger partial charge in [0, 0.05) is 16.7 Å². The van der Waals surface area contributed by atoms with E-state index >= 15 is 0 Å². The number of hydrogen-bond donors (Lipinski definition) is 4. The van der Waals surface area contributed by atoms with Crippen LogP contribution in [-0.2, 0) is 24.0 Å². The van der Waals surface area contributed by atoms with Crippen LogP contribution in [0.1, 0.15) is 5.69 Å². The quantitative estimate of drug-likeness (QED) is 0.172. The van der Waals surface area contributed by atoms with E-state index in [4.69, 9.17) is 17.3 Å². The SMILES string of the molecule is C#CC1=C(C(=O)O)N2C(=O)[C@@H](NC(=O)/C(=N\OCC(=O)O)c3csc(N)n3)[C@H]2SC1. The van der Waals surface area contributed by atoms with Crippen LogP contribution in [0.5, 0.6) is 0 Å². The summed E-state index contributed by atoms with van der Waals surface area (Å²) in [6.45, 7) is -0.799. The highest BCUT2D eigenvalue weighted by Gasteiger charge is 2.54. The van der Waals surface area contributed by atoms with Gasteiger partial charge in [0.15, 0.2) is 10.8 Å². The number of nitrogen functional groups attached to an aromatic ring is 1. The molecule has 0 spiro atoms. The number of aliphatic carboxylic acids is 2. The van der Waals surface area contributed by atoms with Crippen molar-refractivity contribution in [2.75, 3.05) is 18.1 Å². The van der Waals surface area contributed by atoms with Gasteiger partial charge >= 0.3 is 11.9 Å². The van der Waals surface area contributed by atoms with E-state index in [1.54, 1.807) is 0 Å². The van der Waals surface area contributed by atoms with Gasteiger partial charge in [0.2, 0.25) is 6.61 Å². The third-order valence-electron chi connectivity index (χ3n) is 3.96. The number of carbonyl (C=O) groups is 4. The van der Waals surface area contributed by atoms with Crippen molar-refractivity contribution in [3.8, 4) is 12.3 Å². The van der Waals surface area contributed by atoms with Gasteiger partial charge in [-0.1, -0.05) is 11.1 Å². The molecule has 3 heterocycles. The number of nitrogens with two attached hydrogens (primary N) is 1. The summed E-state index contributed by atoms with van der Waals surface area (Å²) in [6, 6.07) is -1.04. The molecule has 2 aliphatic heterocycles. The Bertz CT molecular complexity index is 1040. The molecule has 0 aromatic carbocycles. The van der Waals surface area contributed by atoms with E-state index in [0.29, 0.717) is 0 Å². The van der Waals surface area contributed by atoms with Gasteiger partial charge in [0.25, 0.3) is 11.8 Å². The number of aromatic nitrogens is 1. The van der Waals surface area contributed by atoms with Crippen molar-refractivity contribution in [3.63, 3.8) is 0 Å². The maximum Gasteiger partial charge on any atom is 0.353 e. The van der Waals surface area contributed by atoms with E-state index < -0.39 is 41.8 Å². The van der Waals surface area contributed by atoms with E-state index in [1.165, 1.54) is 17.1 Å². The number of β-lactam (4-membered cyclic amide) rings is 1. The maximum atomic E-state index is 12.7. The lowest BCUT2D eigenvalue weighted by Crippen LogP contribution is -2.71. The van der Waals surface area contributed by atoms with Gasteiger partial charge in [-0.15, -0.1) is 29.5 Å². The summed E-state index contributed by atoms with van der Waals surface area (Å²) in [7, 11) is 0. The Hall–Kier alpha value is -3.57. The number of carboxylic acids is 2. The number of anilines is 1. The van der Waals surface area contributed by atoms with E-state index in [1.807, 2.05) is 0 Å². The molecule has 156 valence electrons. The number of hydrogen-bond acceptors (Lipinski definition) is 10. The van der Waals surface area contributed by atoms with Crippen LogP contribution in [0.3, 0.4) is 0 Å². The number of nitrogens with one attached hydrogen (secondary N) is 1. The zero-order valence-electron chi connectivity index (χ0n) is 14.9. The summed E-state index contributed by atoms with van der Waals surface area (Å²) < 4.78 is 0. The molecule has 2 aliphatic rings. The van der Waals surface area contributed by atoms with Crippen LogP contribution in [0.4, 0.5) is 5.13 Å². The monoisotopic (exact) mass is 451 g/mol. The molecule has 0 aliphatic carbocycles. The third-order valence-corrected chi connectivity index (χ3v) is 5.91. The van der Waals surface area contributed by atoms with Crippen LogP contribution < -0.4 is 11.1 Å². The second-order valence-corrected chi connectivity index (χ2v) is 7.81. The molecular formula is C16H13N5O7S2. The van der Waals surface area contributed by atoms with Crippen molar-refractivity contribution >= 4 is 57.7 Å². The Morgan fingerprint density at radius 2 is 2.20 bits per heavy atom. The number of terminal acetylenes is 1. The molecule has 5 N–H and O–H groups in total. The van der Waals surface area contributed by atoms with Gasteiger partial charge in [0.1, 0.15) is 22.8 Å². The summed E-state index contributed by atoms with van der Waals surface area (Å²) in [5.41, 5.74) is 5.09. The first-order valence-electron chi connectivity index (χ1n) is 8.06. The number of rotatable bonds is 7. The van der Waals surface area contributed by atoms with Crippen LogP contribution in [0.25, 0.3) is 0 Å². The predicted octanol–water partition coefficient (Wildman–Crippen LogP) is -1.10. The zero-order valence-corrected chi connectivity index (χ0v) is 16.5. The molecule has 30 heavy (non-hydrogen) atoms. The Kier molecular flexibility index (Phi) is 5.94. The van der Waals surface area contributed by atoms with Crippen LogP contribution >= 0.6 is 23.1 Å². The van der Waals surface area contributed by atoms with Crippen molar-refractivity contribution in [3.05, 3.63) is 22.3 Å². The predicted molar refractivity (Wildman–Crippen MR) is 105 cm³/mol. The first kappa shape index (κ1) is 21.1. The molecule has 0 radical (unpaired) electrons. The number of thioether (sulfide) groups is 1. The van der Waals surface area contributed by atoms with Crippen molar-refractivity contribution in [2.24, 2.45) is 5.16 Å². The van der Waals surface area contributed by atoms with Crippen molar-refractivity contribution in [1.82, 2.24) is 15.2 Å². The Morgan fingerprint density at radius 3 is 2.77 bits per heavy atom. The maximum absolute atomic E-state index is 12.7. The molecule has 1 fully saturated rings. The molecule has 0 saturated carbocycles. The fourth-order valence-corrected chi connectivity index (χ4v) is 4.53. The standard InChI is InChI=1S/C16H13N5O7S2/c1-2-6-4-29-14-10(13(25)21(14)11(6)15(26)27)19-12(24)9(20-28-3-8(22)23)7-5-30-16(17)18-7/h1,5,10,14H,3-4H2,(H2,17,18)(H,19,24)(H,22,23)(H,26,27)/b20-9-/t10-,14-/m1/s1. The third kappa shape index (κ3) is 3.93. The normalized spacial score (nSPS) is 20.7. The van der Waals surface area contributed by atoms with Gasteiger partial charge in [-0.05, 0) is 0 Å². The molecule has 12 nitrogen and oxygen atoms in total. The lowest BCUT2D eigenvalue weighted by molar-refractivity contribution is -0.150. The number of amides is 2. The lowest BCUT2D eigenvalue weighted by Gasteiger charge is -2.48. The highest BCUT2D eigenvalue weighted by molar-refractivity contribution is 8.00. The summed E-state index contributed by atoms with van der Waals surface area (Å²) in [5, 5.41) is 24.9. The van der Waals surface area contributed by atoms with Crippen molar-refractivity contribution in [1.29, 1.82) is 0 Å². The summed E-state index contributed by atoms with van der Waals surface area (Å²) >= 11 is 2.22. The van der Waals surface area contributed by atoms with Gasteiger partial charge in [-0.25, -0.2) is 14.6 Å². The minimum atomic E-state index is -1.34. The average molecular weight is 451 g/mol. The first-order valence-corrected chi connectivity index (χ1v) is 9.99. The Balaban J connectivity index is 1.80. The molecule has 2 atom stereocenters. The minimum Gasteiger partial charge on any atom is -0.479 e. The number of thiazole rings is 1. The first-order chi connectivity index (χ1) is 14.2. The molecule has 14 heteroatoms. The molecule has 0 unspecified atom stereocenters. The molecule has 0 bridgehead atoms. The van der Waals surface area contributed by atoms with Gasteiger partial charge in [-0.2, -0.15) is 0 Å². The van der Waals surface area contributed by atoms with Crippen LogP contribution in [-0.4, -0.2) is 73.3 Å². The number of carbonyl (C=O) groups excluding carboxylic acids is 2. The highest BCUT2D eigenvalue weighted by atomic mass is 32.2. The lowest BCUT2D eigenvalue weighted by atomic mass is 10.0. The number of carboxylic acid groups (broad SMARTS) is 2. The van der Waals surface area contributed by atoms with Crippen molar-refractivity contribution < 1.29 is 34.2 Å². The topological polar surface area (TPSA) is 185 Å². The second kappa shape index (κ2) is 8.43. The van der Waals surface area contributed by atoms with Gasteiger partial charge in [0.05, 0.1) is 0 Å². The molecule has 1 saturated heterocycles. The molecular weight excluding hydrogens is 438 g/mol. The van der Waals surface area contributed by atoms with E-state index in [9.17, 15) is 24.3 Å². The van der Waals surface area contributed by atoms with Crippen LogP contribution in [0, 0.1) is 12.3 Å². The zero-order chi connectivity index (χ0) is 22.0. The van der Waals surface area contributed by atoms with Gasteiger partial charge < -0.3 is 26.1 Å². The van der Waals surface area contributed by atoms with E-state index in [2.05, 4.69) is 26.2 Å². The number of nitrogens with zero attached hydrogens (tertiary/aromatic N) is 3. The summed E-state index contributed by atoms with van der Waals surface area (Å²) in [6.07, 6.45) is 5.32. The minimum absolute atomic E-state index is 0.0288. The highest BCUT2D eigenvalue weighted by Crippen LogP contribution is 2.40. The molecule has 1 aromatic heterocycles. The molecule has 2 amide bonds. The number of oxime groups is 1. The Labute approximate surface area is 176 Å². The Morgan fingerprint density at radius 1 is 1.47 bits per heavy atom. The van der Waals surface area contributed by atoms with Crippen molar-refractivity contribution in [2.45, 2.75) is 11.4 Å². The summed E-state index contributed by atoms with van der Waals surface area (Å²) in [5.74, 6) is -1.72. The van der Waals surface area contributed by atoms with E-state index in [0.717, 1.165) is 16.2 Å².